The summed E-state index contributed by atoms with van der Waals surface area (Å²) >= 11 is 0. The van der Waals surface area contributed by atoms with Crippen LogP contribution in [0.2, 0.25) is 0 Å². The van der Waals surface area contributed by atoms with Gasteiger partial charge in [-0.1, -0.05) is 32.6 Å². The first kappa shape index (κ1) is 13.9. The standard InChI is InChI=1S/C11H24O3/c1-3-4-5-6-7-11(8-9-12)14-10-13-2/h11-12H,3-10H2,1-2H3/t11-/m1/s1. The van der Waals surface area contributed by atoms with Crippen molar-refractivity contribution < 1.29 is 14.6 Å². The van der Waals surface area contributed by atoms with Gasteiger partial charge in [-0.25, -0.2) is 0 Å². The van der Waals surface area contributed by atoms with Crippen molar-refractivity contribution in [1.29, 1.82) is 0 Å². The normalized spacial score (nSPS) is 13.1. The van der Waals surface area contributed by atoms with Crippen molar-refractivity contribution in [3.8, 4) is 0 Å². The summed E-state index contributed by atoms with van der Waals surface area (Å²) in [5.74, 6) is 0. The minimum absolute atomic E-state index is 0.164. The Bertz CT molecular complexity index is 107. The maximum atomic E-state index is 8.82. The Hall–Kier alpha value is -0.120. The molecule has 0 saturated carbocycles. The molecule has 0 aliphatic rings. The topological polar surface area (TPSA) is 38.7 Å². The predicted octanol–water partition coefficient (Wildman–Crippen LogP) is 2.33. The molecule has 14 heavy (non-hydrogen) atoms. The minimum atomic E-state index is 0.164. The van der Waals surface area contributed by atoms with Gasteiger partial charge in [0.25, 0.3) is 0 Å². The Balaban J connectivity index is 3.40. The number of aliphatic hydroxyl groups excluding tert-OH is 1. The Morgan fingerprint density at radius 2 is 1.93 bits per heavy atom. The molecule has 0 fully saturated rings. The van der Waals surface area contributed by atoms with E-state index in [9.17, 15) is 0 Å². The molecule has 0 aliphatic carbocycles. The van der Waals surface area contributed by atoms with Gasteiger partial charge in [0.15, 0.2) is 0 Å². The van der Waals surface area contributed by atoms with Gasteiger partial charge in [-0.15, -0.1) is 0 Å². The molecule has 86 valence electrons. The van der Waals surface area contributed by atoms with Crippen LogP contribution in [0, 0.1) is 0 Å². The Morgan fingerprint density at radius 1 is 1.14 bits per heavy atom. The summed E-state index contributed by atoms with van der Waals surface area (Å²) in [7, 11) is 1.62. The molecule has 3 nitrogen and oxygen atoms in total. The number of ether oxygens (including phenoxy) is 2. The first-order valence-electron chi connectivity index (χ1n) is 5.56. The third-order valence-electron chi connectivity index (χ3n) is 2.25. The molecule has 0 aromatic heterocycles. The lowest BCUT2D eigenvalue weighted by molar-refractivity contribution is -0.0804. The highest BCUT2D eigenvalue weighted by molar-refractivity contribution is 4.57. The van der Waals surface area contributed by atoms with Crippen molar-refractivity contribution in [2.75, 3.05) is 20.5 Å². The van der Waals surface area contributed by atoms with Gasteiger partial charge in [0, 0.05) is 13.7 Å². The zero-order chi connectivity index (χ0) is 10.6. The summed E-state index contributed by atoms with van der Waals surface area (Å²) in [6, 6.07) is 0. The van der Waals surface area contributed by atoms with E-state index in [1.807, 2.05) is 0 Å². The molecule has 0 aromatic carbocycles. The number of methoxy groups -OCH3 is 1. The van der Waals surface area contributed by atoms with E-state index in [0.717, 1.165) is 12.8 Å². The smallest absolute Gasteiger partial charge is 0.146 e. The van der Waals surface area contributed by atoms with Crippen LogP contribution in [-0.4, -0.2) is 31.7 Å². The second-order valence-electron chi connectivity index (χ2n) is 3.56. The fourth-order valence-electron chi connectivity index (χ4n) is 1.42. The highest BCUT2D eigenvalue weighted by atomic mass is 16.7. The summed E-state index contributed by atoms with van der Waals surface area (Å²) in [4.78, 5) is 0. The minimum Gasteiger partial charge on any atom is -0.396 e. The molecular formula is C11H24O3. The molecule has 0 aromatic rings. The van der Waals surface area contributed by atoms with E-state index in [0.29, 0.717) is 6.79 Å². The number of hydrogen-bond donors (Lipinski definition) is 1. The lowest BCUT2D eigenvalue weighted by atomic mass is 10.1. The van der Waals surface area contributed by atoms with Gasteiger partial charge < -0.3 is 14.6 Å². The van der Waals surface area contributed by atoms with Crippen molar-refractivity contribution in [3.05, 3.63) is 0 Å². The van der Waals surface area contributed by atoms with Crippen LogP contribution in [0.5, 0.6) is 0 Å². The zero-order valence-corrected chi connectivity index (χ0v) is 9.50. The largest absolute Gasteiger partial charge is 0.396 e. The zero-order valence-electron chi connectivity index (χ0n) is 9.50. The van der Waals surface area contributed by atoms with Gasteiger partial charge in [0.1, 0.15) is 6.79 Å². The van der Waals surface area contributed by atoms with Crippen LogP contribution < -0.4 is 0 Å². The monoisotopic (exact) mass is 204 g/mol. The van der Waals surface area contributed by atoms with Crippen LogP contribution in [0.1, 0.15) is 45.4 Å². The molecule has 1 atom stereocenters. The predicted molar refractivity (Wildman–Crippen MR) is 57.2 cm³/mol. The Morgan fingerprint density at radius 3 is 2.50 bits per heavy atom. The van der Waals surface area contributed by atoms with Gasteiger partial charge in [-0.3, -0.25) is 0 Å². The van der Waals surface area contributed by atoms with Crippen LogP contribution in [0.4, 0.5) is 0 Å². The van der Waals surface area contributed by atoms with Crippen molar-refractivity contribution in [2.45, 2.75) is 51.6 Å². The van der Waals surface area contributed by atoms with Crippen LogP contribution in [0.3, 0.4) is 0 Å². The fourth-order valence-corrected chi connectivity index (χ4v) is 1.42. The van der Waals surface area contributed by atoms with E-state index < -0.39 is 0 Å². The molecule has 0 heterocycles. The molecule has 0 bridgehead atoms. The molecule has 0 rings (SSSR count). The summed E-state index contributed by atoms with van der Waals surface area (Å²) in [6.45, 7) is 2.73. The molecular weight excluding hydrogens is 180 g/mol. The van der Waals surface area contributed by atoms with Crippen LogP contribution in [0.25, 0.3) is 0 Å². The van der Waals surface area contributed by atoms with Crippen molar-refractivity contribution in [2.24, 2.45) is 0 Å². The average Bonchev–Trinajstić information content (AvgIpc) is 2.20. The van der Waals surface area contributed by atoms with Gasteiger partial charge >= 0.3 is 0 Å². The Kier molecular flexibility index (Phi) is 10.9. The molecule has 0 amide bonds. The third kappa shape index (κ3) is 8.48. The van der Waals surface area contributed by atoms with Crippen molar-refractivity contribution in [3.63, 3.8) is 0 Å². The number of aliphatic hydroxyl groups is 1. The molecule has 1 N–H and O–H groups in total. The molecule has 0 radical (unpaired) electrons. The van der Waals surface area contributed by atoms with Crippen LogP contribution in [-0.2, 0) is 9.47 Å². The SMILES string of the molecule is CCCCCC[C@H](CCO)OCOC. The van der Waals surface area contributed by atoms with E-state index in [2.05, 4.69) is 6.92 Å². The average molecular weight is 204 g/mol. The molecule has 0 unspecified atom stereocenters. The van der Waals surface area contributed by atoms with Crippen molar-refractivity contribution >= 4 is 0 Å². The lowest BCUT2D eigenvalue weighted by Gasteiger charge is -2.15. The lowest BCUT2D eigenvalue weighted by Crippen LogP contribution is -2.16. The third-order valence-corrected chi connectivity index (χ3v) is 2.25. The number of rotatable bonds is 10. The van der Waals surface area contributed by atoms with Gasteiger partial charge in [0.2, 0.25) is 0 Å². The second-order valence-corrected chi connectivity index (χ2v) is 3.56. The van der Waals surface area contributed by atoms with Gasteiger partial charge in [-0.2, -0.15) is 0 Å². The van der Waals surface area contributed by atoms with E-state index >= 15 is 0 Å². The highest BCUT2D eigenvalue weighted by Gasteiger charge is 2.07. The van der Waals surface area contributed by atoms with Crippen molar-refractivity contribution in [1.82, 2.24) is 0 Å². The maximum absolute atomic E-state index is 8.82. The Labute approximate surface area is 87.4 Å². The molecule has 0 saturated heterocycles. The van der Waals surface area contributed by atoms with Crippen LogP contribution in [0.15, 0.2) is 0 Å². The number of unbranched alkanes of at least 4 members (excludes halogenated alkanes) is 3. The first-order valence-corrected chi connectivity index (χ1v) is 5.56. The van der Waals surface area contributed by atoms with E-state index in [1.165, 1.54) is 25.7 Å². The van der Waals surface area contributed by atoms with Crippen LogP contribution >= 0.6 is 0 Å². The van der Waals surface area contributed by atoms with Gasteiger partial charge in [-0.05, 0) is 12.8 Å². The first-order chi connectivity index (χ1) is 6.85. The fraction of sp³-hybridized carbons (Fsp3) is 1.00. The van der Waals surface area contributed by atoms with E-state index in [4.69, 9.17) is 14.6 Å². The molecule has 0 aliphatic heterocycles. The van der Waals surface area contributed by atoms with E-state index in [1.54, 1.807) is 7.11 Å². The van der Waals surface area contributed by atoms with E-state index in [-0.39, 0.29) is 12.7 Å². The van der Waals surface area contributed by atoms with Gasteiger partial charge in [0.05, 0.1) is 6.10 Å². The summed E-state index contributed by atoms with van der Waals surface area (Å²) in [6.07, 6.45) is 6.90. The summed E-state index contributed by atoms with van der Waals surface area (Å²) in [5, 5.41) is 8.82. The number of hydrogen-bond acceptors (Lipinski definition) is 3. The molecule has 0 spiro atoms. The second kappa shape index (κ2) is 11.0. The summed E-state index contributed by atoms with van der Waals surface area (Å²) < 4.78 is 10.3. The molecule has 3 heteroatoms. The quantitative estimate of drug-likeness (QED) is 0.438. The summed E-state index contributed by atoms with van der Waals surface area (Å²) in [5.41, 5.74) is 0. The highest BCUT2D eigenvalue weighted by Crippen LogP contribution is 2.10. The maximum Gasteiger partial charge on any atom is 0.146 e.